The van der Waals surface area contributed by atoms with Crippen LogP contribution in [0.25, 0.3) is 10.9 Å². The van der Waals surface area contributed by atoms with Crippen molar-refractivity contribution in [1.82, 2.24) is 19.7 Å². The van der Waals surface area contributed by atoms with Crippen molar-refractivity contribution in [2.45, 2.75) is 25.9 Å². The molecule has 0 saturated carbocycles. The van der Waals surface area contributed by atoms with E-state index in [1.165, 1.54) is 16.6 Å². The molecule has 3 rings (SSSR count). The zero-order chi connectivity index (χ0) is 14.7. The number of nitrogens with zero attached hydrogens (tertiary/aromatic N) is 3. The van der Waals surface area contributed by atoms with Gasteiger partial charge < -0.3 is 9.88 Å². The Hall–Kier alpha value is -2.07. The van der Waals surface area contributed by atoms with Crippen LogP contribution in [0, 0.1) is 0 Å². The molecule has 4 heteroatoms. The van der Waals surface area contributed by atoms with E-state index in [9.17, 15) is 0 Å². The van der Waals surface area contributed by atoms with Gasteiger partial charge in [-0.15, -0.1) is 0 Å². The summed E-state index contributed by atoms with van der Waals surface area (Å²) < 4.78 is 4.25. The molecule has 2 aromatic heterocycles. The highest BCUT2D eigenvalue weighted by atomic mass is 15.3. The highest BCUT2D eigenvalue weighted by molar-refractivity contribution is 5.79. The fourth-order valence-electron chi connectivity index (χ4n) is 2.82. The summed E-state index contributed by atoms with van der Waals surface area (Å²) in [6.45, 7) is 4.22. The number of aryl methyl sites for hydroxylation is 2. The van der Waals surface area contributed by atoms with Crippen molar-refractivity contribution in [3.05, 3.63) is 54.5 Å². The maximum absolute atomic E-state index is 4.21. The van der Waals surface area contributed by atoms with E-state index in [4.69, 9.17) is 0 Å². The van der Waals surface area contributed by atoms with Gasteiger partial charge in [0, 0.05) is 37.5 Å². The van der Waals surface area contributed by atoms with Gasteiger partial charge in [0.15, 0.2) is 0 Å². The quantitative estimate of drug-likeness (QED) is 0.705. The van der Waals surface area contributed by atoms with Gasteiger partial charge in [0.2, 0.25) is 0 Å². The third kappa shape index (κ3) is 3.00. The van der Waals surface area contributed by atoms with Crippen molar-refractivity contribution in [3.8, 4) is 0 Å². The Morgan fingerprint density at radius 2 is 2.05 bits per heavy atom. The summed E-state index contributed by atoms with van der Waals surface area (Å²) in [6.07, 6.45) is 5.13. The van der Waals surface area contributed by atoms with E-state index in [-0.39, 0.29) is 0 Å². The molecule has 21 heavy (non-hydrogen) atoms. The first-order valence-corrected chi connectivity index (χ1v) is 7.51. The molecule has 0 bridgehead atoms. The SMILES string of the molecule is CC(NCCCn1ccc2ccccc21)c1ccnn1C. The number of hydrogen-bond acceptors (Lipinski definition) is 2. The predicted molar refractivity (Wildman–Crippen MR) is 86.2 cm³/mol. The molecule has 110 valence electrons. The van der Waals surface area contributed by atoms with Crippen molar-refractivity contribution >= 4 is 10.9 Å². The van der Waals surface area contributed by atoms with Crippen molar-refractivity contribution in [2.75, 3.05) is 6.54 Å². The Bertz CT molecular complexity index is 710. The molecule has 0 aliphatic carbocycles. The third-order valence-electron chi connectivity index (χ3n) is 4.01. The van der Waals surface area contributed by atoms with Gasteiger partial charge in [0.25, 0.3) is 0 Å². The maximum Gasteiger partial charge on any atom is 0.0547 e. The summed E-state index contributed by atoms with van der Waals surface area (Å²) in [5.74, 6) is 0. The van der Waals surface area contributed by atoms with E-state index in [1.807, 2.05) is 17.9 Å². The second-order valence-corrected chi connectivity index (χ2v) is 5.48. The first-order chi connectivity index (χ1) is 10.3. The lowest BCUT2D eigenvalue weighted by atomic mass is 10.2. The molecule has 0 fully saturated rings. The summed E-state index contributed by atoms with van der Waals surface area (Å²) in [5, 5.41) is 9.09. The average Bonchev–Trinajstić information content (AvgIpc) is 3.10. The topological polar surface area (TPSA) is 34.8 Å². The van der Waals surface area contributed by atoms with E-state index in [0.29, 0.717) is 6.04 Å². The van der Waals surface area contributed by atoms with Crippen LogP contribution in [0.1, 0.15) is 25.1 Å². The van der Waals surface area contributed by atoms with E-state index < -0.39 is 0 Å². The van der Waals surface area contributed by atoms with Crippen LogP contribution in [0.3, 0.4) is 0 Å². The fraction of sp³-hybridized carbons (Fsp3) is 0.353. The molecule has 0 amide bonds. The Morgan fingerprint density at radius 3 is 2.86 bits per heavy atom. The van der Waals surface area contributed by atoms with Crippen molar-refractivity contribution < 1.29 is 0 Å². The van der Waals surface area contributed by atoms with Crippen molar-refractivity contribution in [1.29, 1.82) is 0 Å². The summed E-state index contributed by atoms with van der Waals surface area (Å²) in [4.78, 5) is 0. The standard InChI is InChI=1S/C17H22N4/c1-14(16-8-11-19-20(16)2)18-10-5-12-21-13-9-15-6-3-4-7-17(15)21/h3-4,6-9,11,13-14,18H,5,10,12H2,1-2H3. The molecule has 2 heterocycles. The van der Waals surface area contributed by atoms with Crippen LogP contribution < -0.4 is 5.32 Å². The predicted octanol–water partition coefficient (Wildman–Crippen LogP) is 3.12. The van der Waals surface area contributed by atoms with Crippen LogP contribution in [0.2, 0.25) is 0 Å². The van der Waals surface area contributed by atoms with Gasteiger partial charge in [0.05, 0.1) is 5.69 Å². The lowest BCUT2D eigenvalue weighted by molar-refractivity contribution is 0.504. The van der Waals surface area contributed by atoms with Crippen LogP contribution in [0.4, 0.5) is 0 Å². The second-order valence-electron chi connectivity index (χ2n) is 5.48. The van der Waals surface area contributed by atoms with Gasteiger partial charge in [0.1, 0.15) is 0 Å². The largest absolute Gasteiger partial charge is 0.347 e. The summed E-state index contributed by atoms with van der Waals surface area (Å²) >= 11 is 0. The first kappa shape index (κ1) is 13.9. The van der Waals surface area contributed by atoms with E-state index in [1.54, 1.807) is 0 Å². The smallest absolute Gasteiger partial charge is 0.0547 e. The molecule has 0 aliphatic rings. The Kier molecular flexibility index (Phi) is 4.06. The van der Waals surface area contributed by atoms with Gasteiger partial charge in [-0.3, -0.25) is 4.68 Å². The fourth-order valence-corrected chi connectivity index (χ4v) is 2.82. The van der Waals surface area contributed by atoms with Gasteiger partial charge in [-0.25, -0.2) is 0 Å². The Balaban J connectivity index is 1.51. The molecule has 0 spiro atoms. The van der Waals surface area contributed by atoms with Gasteiger partial charge in [-0.2, -0.15) is 5.10 Å². The molecule has 0 saturated heterocycles. The number of para-hydroxylation sites is 1. The van der Waals surface area contributed by atoms with Gasteiger partial charge in [-0.1, -0.05) is 18.2 Å². The molecule has 0 radical (unpaired) electrons. The van der Waals surface area contributed by atoms with Crippen molar-refractivity contribution in [3.63, 3.8) is 0 Å². The molecule has 3 aromatic rings. The number of hydrogen-bond donors (Lipinski definition) is 1. The molecule has 1 N–H and O–H groups in total. The molecule has 1 atom stereocenters. The molecular weight excluding hydrogens is 260 g/mol. The normalized spacial score (nSPS) is 12.9. The minimum atomic E-state index is 0.332. The van der Waals surface area contributed by atoms with Gasteiger partial charge >= 0.3 is 0 Å². The molecule has 1 aromatic carbocycles. The maximum atomic E-state index is 4.21. The van der Waals surface area contributed by atoms with Crippen LogP contribution in [0.5, 0.6) is 0 Å². The Morgan fingerprint density at radius 1 is 1.19 bits per heavy atom. The lowest BCUT2D eigenvalue weighted by Crippen LogP contribution is -2.22. The summed E-state index contributed by atoms with van der Waals surface area (Å²) in [6, 6.07) is 13.1. The summed E-state index contributed by atoms with van der Waals surface area (Å²) in [7, 11) is 1.99. The van der Waals surface area contributed by atoms with Crippen LogP contribution in [-0.4, -0.2) is 20.9 Å². The minimum Gasteiger partial charge on any atom is -0.347 e. The van der Waals surface area contributed by atoms with E-state index in [2.05, 4.69) is 64.5 Å². The number of benzene rings is 1. The molecule has 4 nitrogen and oxygen atoms in total. The molecular formula is C17H22N4. The van der Waals surface area contributed by atoms with Crippen molar-refractivity contribution in [2.24, 2.45) is 7.05 Å². The monoisotopic (exact) mass is 282 g/mol. The number of rotatable bonds is 6. The number of nitrogens with one attached hydrogen (secondary N) is 1. The number of aromatic nitrogens is 3. The van der Waals surface area contributed by atoms with Gasteiger partial charge in [-0.05, 0) is 43.5 Å². The zero-order valence-corrected chi connectivity index (χ0v) is 12.7. The zero-order valence-electron chi connectivity index (χ0n) is 12.7. The minimum absolute atomic E-state index is 0.332. The average molecular weight is 282 g/mol. The summed E-state index contributed by atoms with van der Waals surface area (Å²) in [5.41, 5.74) is 2.54. The van der Waals surface area contributed by atoms with E-state index in [0.717, 1.165) is 19.5 Å². The number of fused-ring (bicyclic) bond motifs is 1. The first-order valence-electron chi connectivity index (χ1n) is 7.51. The molecule has 0 aliphatic heterocycles. The van der Waals surface area contributed by atoms with Crippen LogP contribution in [0.15, 0.2) is 48.8 Å². The highest BCUT2D eigenvalue weighted by Gasteiger charge is 2.08. The van der Waals surface area contributed by atoms with Crippen LogP contribution >= 0.6 is 0 Å². The highest BCUT2D eigenvalue weighted by Crippen LogP contribution is 2.15. The van der Waals surface area contributed by atoms with Crippen LogP contribution in [-0.2, 0) is 13.6 Å². The molecule has 1 unspecified atom stereocenters. The Labute approximate surface area is 125 Å². The van der Waals surface area contributed by atoms with E-state index >= 15 is 0 Å². The third-order valence-corrected chi connectivity index (χ3v) is 4.01. The lowest BCUT2D eigenvalue weighted by Gasteiger charge is -2.14. The second kappa shape index (κ2) is 6.14.